The van der Waals surface area contributed by atoms with Gasteiger partial charge < -0.3 is 21.4 Å². The molecule has 0 heterocycles. The van der Waals surface area contributed by atoms with Crippen LogP contribution >= 0.6 is 0 Å². The predicted molar refractivity (Wildman–Crippen MR) is 31.5 cm³/mol. The molecule has 0 rings (SSSR count). The second-order valence-electron chi connectivity index (χ2n) is 1.54. The molecule has 0 aromatic heterocycles. The van der Waals surface area contributed by atoms with Crippen molar-refractivity contribution in [2.45, 2.75) is 12.5 Å². The normalized spacial score (nSPS) is 10.3. The van der Waals surface area contributed by atoms with Crippen molar-refractivity contribution in [3.8, 4) is 0 Å². The SMILES string of the molecule is N[C@@H](CC(=O)O)C(=O)O.O.[Mn]. The average Bonchev–Trinajstić information content (AvgIpc) is 1.63. The first kappa shape index (κ1) is 16.8. The molecule has 67 valence electrons. The van der Waals surface area contributed by atoms with Crippen molar-refractivity contribution in [1.29, 1.82) is 0 Å². The molecule has 11 heavy (non-hydrogen) atoms. The van der Waals surface area contributed by atoms with Crippen molar-refractivity contribution in [2.75, 3.05) is 0 Å². The number of carboxylic acids is 2. The van der Waals surface area contributed by atoms with E-state index in [1.165, 1.54) is 0 Å². The maximum absolute atomic E-state index is 9.85. The summed E-state index contributed by atoms with van der Waals surface area (Å²) in [6.45, 7) is 0. The Morgan fingerprint density at radius 2 is 1.73 bits per heavy atom. The molecule has 0 spiro atoms. The van der Waals surface area contributed by atoms with E-state index in [1.54, 1.807) is 0 Å². The number of hydrogen-bond donors (Lipinski definition) is 3. The van der Waals surface area contributed by atoms with Crippen LogP contribution in [0.1, 0.15) is 6.42 Å². The van der Waals surface area contributed by atoms with Crippen LogP contribution in [-0.2, 0) is 26.7 Å². The largest absolute Gasteiger partial charge is 0.481 e. The number of rotatable bonds is 3. The first-order valence-corrected chi connectivity index (χ1v) is 2.24. The minimum atomic E-state index is -1.29. The van der Waals surface area contributed by atoms with E-state index < -0.39 is 24.4 Å². The van der Waals surface area contributed by atoms with Crippen LogP contribution in [0.5, 0.6) is 0 Å². The first-order valence-electron chi connectivity index (χ1n) is 2.24. The zero-order valence-corrected chi connectivity index (χ0v) is 6.63. The van der Waals surface area contributed by atoms with E-state index in [0.29, 0.717) is 0 Å². The molecule has 0 saturated heterocycles. The summed E-state index contributed by atoms with van der Waals surface area (Å²) in [6, 6.07) is -1.29. The quantitative estimate of drug-likeness (QED) is 0.461. The molecule has 0 bridgehead atoms. The fraction of sp³-hybridized carbons (Fsp3) is 0.500. The van der Waals surface area contributed by atoms with E-state index in [2.05, 4.69) is 0 Å². The van der Waals surface area contributed by atoms with Gasteiger partial charge in [-0.25, -0.2) is 0 Å². The third-order valence-corrected chi connectivity index (χ3v) is 0.712. The maximum atomic E-state index is 9.85. The number of hydrogen-bond acceptors (Lipinski definition) is 3. The van der Waals surface area contributed by atoms with Crippen LogP contribution in [0.25, 0.3) is 0 Å². The first-order chi connectivity index (χ1) is 4.04. The third kappa shape index (κ3) is 9.38. The molecule has 0 aliphatic heterocycles. The van der Waals surface area contributed by atoms with Gasteiger partial charge in [-0.15, -0.1) is 0 Å². The molecule has 0 unspecified atom stereocenters. The monoisotopic (exact) mass is 206 g/mol. The van der Waals surface area contributed by atoms with Crippen molar-refractivity contribution >= 4 is 11.9 Å². The van der Waals surface area contributed by atoms with Gasteiger partial charge in [0, 0.05) is 17.1 Å². The molecular weight excluding hydrogens is 197 g/mol. The Hall–Kier alpha value is -0.621. The Morgan fingerprint density at radius 1 is 1.36 bits per heavy atom. The van der Waals surface area contributed by atoms with E-state index in [1.807, 2.05) is 0 Å². The molecular formula is C4H9MnNO5. The molecule has 6 N–H and O–H groups in total. The van der Waals surface area contributed by atoms with Crippen LogP contribution in [0, 0.1) is 0 Å². The van der Waals surface area contributed by atoms with E-state index in [9.17, 15) is 9.59 Å². The van der Waals surface area contributed by atoms with E-state index in [0.717, 1.165) is 0 Å². The van der Waals surface area contributed by atoms with Gasteiger partial charge in [0.15, 0.2) is 0 Å². The summed E-state index contributed by atoms with van der Waals surface area (Å²) in [4.78, 5) is 19.6. The molecule has 0 aromatic carbocycles. The van der Waals surface area contributed by atoms with Crippen LogP contribution in [0.3, 0.4) is 0 Å². The van der Waals surface area contributed by atoms with Crippen LogP contribution in [0.4, 0.5) is 0 Å². The maximum Gasteiger partial charge on any atom is 0.321 e. The molecule has 0 aromatic rings. The summed E-state index contributed by atoms with van der Waals surface area (Å²) in [7, 11) is 0. The molecule has 0 saturated carbocycles. The minimum absolute atomic E-state index is 0. The molecule has 0 aliphatic rings. The molecule has 0 aliphatic carbocycles. The van der Waals surface area contributed by atoms with Crippen molar-refractivity contribution < 1.29 is 42.3 Å². The number of carboxylic acid groups (broad SMARTS) is 2. The number of nitrogens with two attached hydrogens (primary N) is 1. The summed E-state index contributed by atoms with van der Waals surface area (Å²) >= 11 is 0. The predicted octanol–water partition coefficient (Wildman–Crippen LogP) is -1.95. The second-order valence-corrected chi connectivity index (χ2v) is 1.54. The smallest absolute Gasteiger partial charge is 0.321 e. The molecule has 0 amide bonds. The fourth-order valence-electron chi connectivity index (χ4n) is 0.275. The van der Waals surface area contributed by atoms with Gasteiger partial charge in [0.2, 0.25) is 0 Å². The Labute approximate surface area is 73.2 Å². The second kappa shape index (κ2) is 7.49. The molecule has 1 radical (unpaired) electrons. The van der Waals surface area contributed by atoms with Gasteiger partial charge in [0.05, 0.1) is 6.42 Å². The topological polar surface area (TPSA) is 132 Å². The van der Waals surface area contributed by atoms with Gasteiger partial charge >= 0.3 is 11.9 Å². The molecule has 6 nitrogen and oxygen atoms in total. The van der Waals surface area contributed by atoms with Gasteiger partial charge in [0.1, 0.15) is 6.04 Å². The van der Waals surface area contributed by atoms with E-state index in [-0.39, 0.29) is 22.5 Å². The summed E-state index contributed by atoms with van der Waals surface area (Å²) < 4.78 is 0. The van der Waals surface area contributed by atoms with Gasteiger partial charge in [-0.1, -0.05) is 0 Å². The summed E-state index contributed by atoms with van der Waals surface area (Å²) in [5.41, 5.74) is 4.84. The van der Waals surface area contributed by atoms with Crippen LogP contribution in [0.2, 0.25) is 0 Å². The third-order valence-electron chi connectivity index (χ3n) is 0.712. The summed E-state index contributed by atoms with van der Waals surface area (Å²) in [5.74, 6) is -2.50. The van der Waals surface area contributed by atoms with Gasteiger partial charge in [-0.3, -0.25) is 9.59 Å². The molecule has 7 heteroatoms. The Morgan fingerprint density at radius 3 is 1.82 bits per heavy atom. The van der Waals surface area contributed by atoms with Gasteiger partial charge in [-0.2, -0.15) is 0 Å². The summed E-state index contributed by atoms with van der Waals surface area (Å²) in [6.07, 6.45) is -0.532. The number of carbonyl (C=O) groups is 2. The van der Waals surface area contributed by atoms with Crippen molar-refractivity contribution in [3.05, 3.63) is 0 Å². The molecule has 0 fully saturated rings. The number of aliphatic carboxylic acids is 2. The van der Waals surface area contributed by atoms with Crippen LogP contribution in [0.15, 0.2) is 0 Å². The van der Waals surface area contributed by atoms with E-state index >= 15 is 0 Å². The Kier molecular flexibility index (Phi) is 11.4. The Balaban J connectivity index is -0.000000320. The minimum Gasteiger partial charge on any atom is -0.481 e. The average molecular weight is 206 g/mol. The van der Waals surface area contributed by atoms with Crippen molar-refractivity contribution in [1.82, 2.24) is 0 Å². The summed E-state index contributed by atoms with van der Waals surface area (Å²) in [5, 5.41) is 16.0. The van der Waals surface area contributed by atoms with Crippen LogP contribution in [-0.4, -0.2) is 33.7 Å². The zero-order chi connectivity index (χ0) is 7.44. The van der Waals surface area contributed by atoms with Crippen molar-refractivity contribution in [2.24, 2.45) is 5.73 Å². The van der Waals surface area contributed by atoms with Crippen molar-refractivity contribution in [3.63, 3.8) is 0 Å². The van der Waals surface area contributed by atoms with Gasteiger partial charge in [0.25, 0.3) is 0 Å². The standard InChI is InChI=1S/C4H7NO4.Mn.H2O/c5-2(4(8)9)1-3(6)7;;/h2H,1,5H2,(H,6,7)(H,8,9);;1H2/t2-;;/m0../s1. The Bertz CT molecular complexity index is 138. The zero-order valence-electron chi connectivity index (χ0n) is 5.45. The van der Waals surface area contributed by atoms with E-state index in [4.69, 9.17) is 15.9 Å². The fourth-order valence-corrected chi connectivity index (χ4v) is 0.275. The van der Waals surface area contributed by atoms with Gasteiger partial charge in [-0.05, 0) is 0 Å². The molecule has 1 atom stereocenters. The van der Waals surface area contributed by atoms with Crippen LogP contribution < -0.4 is 5.73 Å².